The van der Waals surface area contributed by atoms with Gasteiger partial charge < -0.3 is 0 Å². The van der Waals surface area contributed by atoms with Crippen molar-refractivity contribution in [3.8, 4) is 5.64 Å². The Bertz CT molecular complexity index is 743. The van der Waals surface area contributed by atoms with Gasteiger partial charge >= 0.3 is 128 Å². The van der Waals surface area contributed by atoms with Crippen LogP contribution >= 0.6 is 23.4 Å². The van der Waals surface area contributed by atoms with Crippen LogP contribution in [0.3, 0.4) is 0 Å². The first-order valence-electron chi connectivity index (χ1n) is 6.31. The van der Waals surface area contributed by atoms with Gasteiger partial charge in [-0.2, -0.15) is 0 Å². The fourth-order valence-corrected chi connectivity index (χ4v) is 3.31. The van der Waals surface area contributed by atoms with Crippen LogP contribution in [0.15, 0.2) is 59.4 Å². The first-order chi connectivity index (χ1) is 9.72. The summed E-state index contributed by atoms with van der Waals surface area (Å²) in [5.41, 5.74) is 1.52. The fraction of sp³-hybridized carbons (Fsp3) is 0.0625. The molecule has 4 heteroatoms. The topological polar surface area (TPSA) is 20.2 Å². The van der Waals surface area contributed by atoms with Gasteiger partial charge in [-0.25, -0.2) is 0 Å². The van der Waals surface area contributed by atoms with Crippen molar-refractivity contribution in [1.29, 1.82) is 0 Å². The molecule has 0 spiro atoms. The van der Waals surface area contributed by atoms with Crippen LogP contribution in [-0.2, 0) is 5.75 Å². The Kier molecular flexibility index (Phi) is 3.99. The van der Waals surface area contributed by atoms with Crippen LogP contribution in [0.25, 0.3) is 10.8 Å². The molecule has 0 aliphatic heterocycles. The van der Waals surface area contributed by atoms with Gasteiger partial charge in [-0.1, -0.05) is 0 Å². The van der Waals surface area contributed by atoms with Gasteiger partial charge in [0.15, 0.2) is 0 Å². The number of benzene rings is 2. The Morgan fingerprint density at radius 2 is 1.80 bits per heavy atom. The molecule has 0 fully saturated rings. The van der Waals surface area contributed by atoms with Crippen LogP contribution < -0.4 is 0 Å². The minimum absolute atomic E-state index is 0.308. The van der Waals surface area contributed by atoms with Crippen molar-refractivity contribution in [1.82, 2.24) is 0 Å². The second-order valence-corrected chi connectivity index (χ2v) is 6.03. The number of hydrogen-bond acceptors (Lipinski definition) is 2. The number of aromatic hydroxyl groups is 1. The van der Waals surface area contributed by atoms with Gasteiger partial charge in [0.2, 0.25) is 0 Å². The van der Waals surface area contributed by atoms with E-state index in [4.69, 9.17) is 11.6 Å². The number of rotatable bonds is 3. The van der Waals surface area contributed by atoms with Gasteiger partial charge in [0, 0.05) is 0 Å². The minimum atomic E-state index is 0.308. The summed E-state index contributed by atoms with van der Waals surface area (Å²) in [6.07, 6.45) is 0. The Morgan fingerprint density at radius 3 is 2.60 bits per heavy atom. The maximum absolute atomic E-state index is 9.81. The molecule has 0 amide bonds. The van der Waals surface area contributed by atoms with Gasteiger partial charge in [0.25, 0.3) is 0 Å². The summed E-state index contributed by atoms with van der Waals surface area (Å²) in [5, 5.41) is 12.8. The Hall–Kier alpha value is -1.45. The van der Waals surface area contributed by atoms with Crippen molar-refractivity contribution in [2.45, 2.75) is 10.5 Å². The van der Waals surface area contributed by atoms with Crippen LogP contribution in [0.5, 0.6) is 5.64 Å². The Balaban J connectivity index is 1.88. The fourth-order valence-electron chi connectivity index (χ4n) is 2.12. The van der Waals surface area contributed by atoms with Crippen molar-refractivity contribution in [3.63, 3.8) is 0 Å². The van der Waals surface area contributed by atoms with E-state index in [9.17, 15) is 5.11 Å². The van der Waals surface area contributed by atoms with Crippen LogP contribution in [0.2, 0.25) is 5.02 Å². The summed E-state index contributed by atoms with van der Waals surface area (Å²) in [4.78, 5) is 1.09. The van der Waals surface area contributed by atoms with Gasteiger partial charge in [0.05, 0.1) is 0 Å². The molecule has 20 heavy (non-hydrogen) atoms. The van der Waals surface area contributed by atoms with E-state index in [1.165, 1.54) is 10.9 Å². The van der Waals surface area contributed by atoms with E-state index in [1.54, 1.807) is 17.8 Å². The molecule has 0 aliphatic carbocycles. The molecule has 0 saturated carbocycles. The molecule has 0 unspecified atom stereocenters. The van der Waals surface area contributed by atoms with E-state index in [1.807, 2.05) is 49.4 Å². The molecule has 1 aromatic heterocycles. The average molecular weight is 299 g/mol. The van der Waals surface area contributed by atoms with E-state index < -0.39 is 0 Å². The molecule has 2 aromatic carbocycles. The standard InChI is InChI=1S/C16H12BClOS/c18-13-7-5-11(6-8-13)10-20-16-14-4-2-1-3-12(14)9-15(19)17-16/h1-9,19H,10H2. The molecule has 3 rings (SSSR count). The number of halogens is 1. The van der Waals surface area contributed by atoms with E-state index >= 15 is 0 Å². The zero-order valence-electron chi connectivity index (χ0n) is 10.7. The van der Waals surface area contributed by atoms with Crippen molar-refractivity contribution in [2.75, 3.05) is 0 Å². The number of thioether (sulfide) groups is 1. The summed E-state index contributed by atoms with van der Waals surface area (Å²) in [6.45, 7) is 1.82. The third kappa shape index (κ3) is 3.00. The van der Waals surface area contributed by atoms with Crippen molar-refractivity contribution >= 4 is 41.0 Å². The molecule has 1 N–H and O–H groups in total. The van der Waals surface area contributed by atoms with Crippen molar-refractivity contribution in [3.05, 3.63) is 65.2 Å². The van der Waals surface area contributed by atoms with Crippen molar-refractivity contribution < 1.29 is 5.11 Å². The molecule has 0 atom stereocenters. The summed E-state index contributed by atoms with van der Waals surface area (Å²) < 4.78 is 0. The first-order valence-corrected chi connectivity index (χ1v) is 7.68. The first kappa shape index (κ1) is 13.5. The predicted octanol–water partition coefficient (Wildman–Crippen LogP) is 4.83. The molecular formula is C16H12BClOS. The molecule has 0 saturated heterocycles. The zero-order chi connectivity index (χ0) is 13.9. The second-order valence-electron chi connectivity index (χ2n) is 4.58. The van der Waals surface area contributed by atoms with Crippen LogP contribution in [0.1, 0.15) is 5.56 Å². The molecule has 1 heterocycles. The monoisotopic (exact) mass is 298 g/mol. The summed E-state index contributed by atoms with van der Waals surface area (Å²) >= 11 is 7.61. The normalized spacial score (nSPS) is 10.7. The van der Waals surface area contributed by atoms with Gasteiger partial charge in [-0.3, -0.25) is 0 Å². The van der Waals surface area contributed by atoms with E-state index in [0.29, 0.717) is 5.64 Å². The SMILES string of the molecule is Oc1bc(SCc2ccc(Cl)cc2)c2ccccc2c1. The zero-order valence-corrected chi connectivity index (χ0v) is 12.3. The third-order valence-corrected chi connectivity index (χ3v) is 4.49. The van der Waals surface area contributed by atoms with Crippen LogP contribution in [0.4, 0.5) is 0 Å². The predicted molar refractivity (Wildman–Crippen MR) is 88.0 cm³/mol. The quantitative estimate of drug-likeness (QED) is 0.699. The van der Waals surface area contributed by atoms with Gasteiger partial charge in [-0.15, -0.1) is 0 Å². The molecule has 0 radical (unpaired) electrons. The molecule has 1 nitrogen and oxygen atoms in total. The molecule has 3 aromatic rings. The Labute approximate surface area is 127 Å². The van der Waals surface area contributed by atoms with Crippen LogP contribution in [-0.4, -0.2) is 12.0 Å². The average Bonchev–Trinajstić information content (AvgIpc) is 2.46. The molecule has 0 bridgehead atoms. The van der Waals surface area contributed by atoms with Crippen LogP contribution in [0, 0.1) is 0 Å². The third-order valence-electron chi connectivity index (χ3n) is 3.12. The van der Waals surface area contributed by atoms with Gasteiger partial charge in [-0.05, 0) is 0 Å². The second kappa shape index (κ2) is 5.90. The summed E-state index contributed by atoms with van der Waals surface area (Å²) in [6, 6.07) is 17.7. The van der Waals surface area contributed by atoms with Crippen molar-refractivity contribution in [2.24, 2.45) is 0 Å². The number of fused-ring (bicyclic) bond motifs is 1. The van der Waals surface area contributed by atoms with Gasteiger partial charge in [0.1, 0.15) is 0 Å². The summed E-state index contributed by atoms with van der Waals surface area (Å²) in [7, 11) is 0. The molecule has 98 valence electrons. The van der Waals surface area contributed by atoms with E-state index in [-0.39, 0.29) is 0 Å². The number of hydrogen-bond donors (Lipinski definition) is 1. The summed E-state index contributed by atoms with van der Waals surface area (Å²) in [5.74, 6) is 0.852. The molecule has 0 aliphatic rings. The Morgan fingerprint density at radius 1 is 1.05 bits per heavy atom. The maximum atomic E-state index is 9.81. The van der Waals surface area contributed by atoms with E-state index in [0.717, 1.165) is 21.0 Å². The van der Waals surface area contributed by atoms with E-state index in [2.05, 4.69) is 6.07 Å². The molecular weight excluding hydrogens is 287 g/mol.